The minimum atomic E-state index is -3.35. The van der Waals surface area contributed by atoms with Crippen molar-refractivity contribution in [3.05, 3.63) is 65.2 Å². The van der Waals surface area contributed by atoms with Crippen molar-refractivity contribution in [1.82, 2.24) is 4.98 Å². The maximum Gasteiger partial charge on any atom is 0.303 e. The van der Waals surface area contributed by atoms with Gasteiger partial charge in [0.2, 0.25) is 0 Å². The van der Waals surface area contributed by atoms with Gasteiger partial charge in [0.25, 0.3) is 0 Å². The van der Waals surface area contributed by atoms with Crippen LogP contribution < -0.4 is 4.90 Å². The smallest absolute Gasteiger partial charge is 0.303 e. The Labute approximate surface area is 176 Å². The second kappa shape index (κ2) is 8.07. The first-order valence-corrected chi connectivity index (χ1v) is 11.7. The van der Waals surface area contributed by atoms with E-state index in [2.05, 4.69) is 13.0 Å². The molecule has 1 aromatic heterocycles. The first-order valence-electron chi connectivity index (χ1n) is 10.1. The lowest BCUT2D eigenvalue weighted by Crippen LogP contribution is -2.26. The Morgan fingerprint density at radius 1 is 1.17 bits per heavy atom. The summed E-state index contributed by atoms with van der Waals surface area (Å²) in [6, 6.07) is 15.1. The van der Waals surface area contributed by atoms with E-state index in [1.165, 1.54) is 5.56 Å². The molecule has 0 saturated carbocycles. The van der Waals surface area contributed by atoms with E-state index in [0.717, 1.165) is 28.5 Å². The van der Waals surface area contributed by atoms with E-state index in [9.17, 15) is 18.3 Å². The molecule has 1 N–H and O–H groups in total. The van der Waals surface area contributed by atoms with Gasteiger partial charge in [-0.3, -0.25) is 4.79 Å². The van der Waals surface area contributed by atoms with Gasteiger partial charge in [-0.2, -0.15) is 0 Å². The second-order valence-electron chi connectivity index (χ2n) is 7.59. The van der Waals surface area contributed by atoms with E-state index >= 15 is 0 Å². The van der Waals surface area contributed by atoms with Crippen molar-refractivity contribution in [2.75, 3.05) is 17.2 Å². The molecule has 3 aromatic rings. The average molecular weight is 425 g/mol. The first-order chi connectivity index (χ1) is 14.4. The predicted octanol–water partition coefficient (Wildman–Crippen LogP) is 3.61. The Balaban J connectivity index is 1.79. The van der Waals surface area contributed by atoms with Crippen molar-refractivity contribution >= 4 is 32.5 Å². The van der Waals surface area contributed by atoms with Crippen LogP contribution in [-0.4, -0.2) is 36.8 Å². The maximum absolute atomic E-state index is 12.7. The van der Waals surface area contributed by atoms with Crippen LogP contribution in [0, 0.1) is 0 Å². The lowest BCUT2D eigenvalue weighted by molar-refractivity contribution is -0.136. The summed E-state index contributed by atoms with van der Waals surface area (Å²) >= 11 is 0. The molecular formula is C23H24N2O4S. The van der Waals surface area contributed by atoms with Gasteiger partial charge in [0.1, 0.15) is 5.82 Å². The van der Waals surface area contributed by atoms with Crippen molar-refractivity contribution in [1.29, 1.82) is 0 Å². The highest BCUT2D eigenvalue weighted by Gasteiger charge is 2.26. The molecule has 0 saturated heterocycles. The Morgan fingerprint density at radius 2 is 1.97 bits per heavy atom. The van der Waals surface area contributed by atoms with Crippen molar-refractivity contribution in [2.24, 2.45) is 0 Å². The molecule has 30 heavy (non-hydrogen) atoms. The lowest BCUT2D eigenvalue weighted by Gasteiger charge is -2.23. The molecule has 6 nitrogen and oxygen atoms in total. The number of pyridine rings is 1. The monoisotopic (exact) mass is 424 g/mol. The van der Waals surface area contributed by atoms with Gasteiger partial charge in [-0.25, -0.2) is 13.4 Å². The maximum atomic E-state index is 12.7. The molecular weight excluding hydrogens is 400 g/mol. The fourth-order valence-corrected chi connectivity index (χ4v) is 5.41. The van der Waals surface area contributed by atoms with E-state index in [-0.39, 0.29) is 12.2 Å². The summed E-state index contributed by atoms with van der Waals surface area (Å²) in [5, 5.41) is 10.1. The van der Waals surface area contributed by atoms with Crippen molar-refractivity contribution in [3.8, 4) is 0 Å². The largest absolute Gasteiger partial charge is 0.481 e. The highest BCUT2D eigenvalue weighted by atomic mass is 32.2. The summed E-state index contributed by atoms with van der Waals surface area (Å²) in [6.45, 7) is 2.86. The van der Waals surface area contributed by atoms with Gasteiger partial charge >= 0.3 is 5.97 Å². The minimum absolute atomic E-state index is 0.0168. The van der Waals surface area contributed by atoms with E-state index in [1.807, 2.05) is 35.2 Å². The highest BCUT2D eigenvalue weighted by molar-refractivity contribution is 7.91. The van der Waals surface area contributed by atoms with Crippen molar-refractivity contribution in [2.45, 2.75) is 37.6 Å². The molecule has 4 rings (SSSR count). The van der Waals surface area contributed by atoms with Crippen molar-refractivity contribution in [3.63, 3.8) is 0 Å². The lowest BCUT2D eigenvalue weighted by atomic mass is 10.0. The molecule has 0 aliphatic carbocycles. The molecule has 2 aromatic carbocycles. The van der Waals surface area contributed by atoms with Crippen LogP contribution in [0.4, 0.5) is 5.82 Å². The van der Waals surface area contributed by atoms with Crippen LogP contribution >= 0.6 is 0 Å². The summed E-state index contributed by atoms with van der Waals surface area (Å²) in [5.41, 5.74) is 3.65. The number of rotatable bonds is 5. The number of carboxylic acid groups (broad SMARTS) is 1. The zero-order valence-electron chi connectivity index (χ0n) is 16.8. The normalized spacial score (nSPS) is 15.6. The zero-order valence-corrected chi connectivity index (χ0v) is 17.7. The summed E-state index contributed by atoms with van der Waals surface area (Å²) in [4.78, 5) is 18.3. The molecule has 0 amide bonds. The Bertz CT molecular complexity index is 1220. The van der Waals surface area contributed by atoms with Crippen LogP contribution in [0.5, 0.6) is 0 Å². The van der Waals surface area contributed by atoms with E-state index in [4.69, 9.17) is 4.98 Å². The molecule has 0 atom stereocenters. The van der Waals surface area contributed by atoms with E-state index < -0.39 is 15.8 Å². The molecule has 7 heteroatoms. The number of sulfone groups is 1. The van der Waals surface area contributed by atoms with Gasteiger partial charge < -0.3 is 10.0 Å². The number of benzene rings is 2. The van der Waals surface area contributed by atoms with Crippen LogP contribution in [0.2, 0.25) is 0 Å². The molecule has 2 heterocycles. The minimum Gasteiger partial charge on any atom is -0.481 e. The average Bonchev–Trinajstić information content (AvgIpc) is 2.87. The molecule has 0 fully saturated rings. The highest BCUT2D eigenvalue weighted by Crippen LogP contribution is 2.29. The number of carboxylic acids is 1. The summed E-state index contributed by atoms with van der Waals surface area (Å²) in [7, 11) is -3.35. The number of fused-ring (bicyclic) bond motifs is 2. The molecule has 1 aliphatic rings. The third-order valence-corrected chi connectivity index (χ3v) is 7.37. The summed E-state index contributed by atoms with van der Waals surface area (Å²) in [5.74, 6) is -0.148. The van der Waals surface area contributed by atoms with Crippen molar-refractivity contribution < 1.29 is 18.3 Å². The Kier molecular flexibility index (Phi) is 5.47. The van der Waals surface area contributed by atoms with Gasteiger partial charge in [0.15, 0.2) is 9.84 Å². The van der Waals surface area contributed by atoms with Gasteiger partial charge in [-0.15, -0.1) is 0 Å². The number of aromatic nitrogens is 1. The van der Waals surface area contributed by atoms with E-state index in [0.29, 0.717) is 30.2 Å². The fraction of sp³-hybridized carbons (Fsp3) is 0.304. The molecule has 0 unspecified atom stereocenters. The summed E-state index contributed by atoms with van der Waals surface area (Å²) < 4.78 is 25.4. The number of hydrogen-bond donors (Lipinski definition) is 1. The number of hydrogen-bond acceptors (Lipinski definition) is 5. The van der Waals surface area contributed by atoms with Gasteiger partial charge in [-0.1, -0.05) is 31.2 Å². The van der Waals surface area contributed by atoms with Gasteiger partial charge in [0.05, 0.1) is 16.2 Å². The standard InChI is InChI=1S/C23H24N2O4S/c1-2-16-7-9-20-19(13-16)17(8-10-23(26)27)14-22(24-20)25-11-12-30(28,29)21-6-4-3-5-18(21)15-25/h3-7,9,13-14H,2,8,10-12,15H2,1H3,(H,26,27). The van der Waals surface area contributed by atoms with Gasteiger partial charge in [0, 0.05) is 24.9 Å². The molecule has 1 aliphatic heterocycles. The number of nitrogens with zero attached hydrogens (tertiary/aromatic N) is 2. The van der Waals surface area contributed by atoms with Crippen LogP contribution in [0.25, 0.3) is 10.9 Å². The van der Waals surface area contributed by atoms with Crippen LogP contribution in [0.1, 0.15) is 30.0 Å². The molecule has 0 spiro atoms. The van der Waals surface area contributed by atoms with Crippen LogP contribution in [0.3, 0.4) is 0 Å². The van der Waals surface area contributed by atoms with Gasteiger partial charge in [-0.05, 0) is 53.8 Å². The van der Waals surface area contributed by atoms with Crippen LogP contribution in [0.15, 0.2) is 53.4 Å². The molecule has 0 bridgehead atoms. The zero-order chi connectivity index (χ0) is 21.3. The number of anilines is 1. The first kappa shape index (κ1) is 20.3. The molecule has 156 valence electrons. The summed E-state index contributed by atoms with van der Waals surface area (Å²) in [6.07, 6.45) is 1.32. The predicted molar refractivity (Wildman–Crippen MR) is 117 cm³/mol. The Hall–Kier alpha value is -2.93. The quantitative estimate of drug-likeness (QED) is 0.673. The SMILES string of the molecule is CCc1ccc2nc(N3CCS(=O)(=O)c4ccccc4C3)cc(CCC(=O)O)c2c1. The topological polar surface area (TPSA) is 87.6 Å². The van der Waals surface area contributed by atoms with E-state index in [1.54, 1.807) is 12.1 Å². The third kappa shape index (κ3) is 4.03. The fourth-order valence-electron chi connectivity index (χ4n) is 3.92. The second-order valence-corrected chi connectivity index (χ2v) is 9.66. The third-order valence-electron chi connectivity index (χ3n) is 5.58. The number of carbonyl (C=O) groups is 1. The van der Waals surface area contributed by atoms with Crippen LogP contribution in [-0.2, 0) is 34.0 Å². The number of aryl methyl sites for hydroxylation is 2. The Morgan fingerprint density at radius 3 is 2.73 bits per heavy atom. The molecule has 0 radical (unpaired) electrons. The number of aliphatic carboxylic acids is 1.